The number of anilines is 1. The van der Waals surface area contributed by atoms with Gasteiger partial charge >= 0.3 is 0 Å². The van der Waals surface area contributed by atoms with Crippen LogP contribution in [0.3, 0.4) is 0 Å². The van der Waals surface area contributed by atoms with Gasteiger partial charge in [0.25, 0.3) is 0 Å². The highest BCUT2D eigenvalue weighted by atomic mass is 35.5. The Balaban J connectivity index is 3.05. The zero-order chi connectivity index (χ0) is 14.8. The van der Waals surface area contributed by atoms with E-state index in [9.17, 15) is 8.42 Å². The van der Waals surface area contributed by atoms with Crippen molar-refractivity contribution in [2.75, 3.05) is 18.5 Å². The lowest BCUT2D eigenvalue weighted by molar-refractivity contribution is 0.571. The van der Waals surface area contributed by atoms with Crippen LogP contribution in [0.15, 0.2) is 17.0 Å². The van der Waals surface area contributed by atoms with E-state index in [2.05, 4.69) is 4.72 Å². The monoisotopic (exact) mass is 322 g/mol. The van der Waals surface area contributed by atoms with Crippen LogP contribution in [0.1, 0.15) is 19.4 Å². The smallest absolute Gasteiger partial charge is 0.242 e. The van der Waals surface area contributed by atoms with Crippen LogP contribution in [0.2, 0.25) is 5.02 Å². The Morgan fingerprint density at radius 2 is 2.00 bits per heavy atom. The number of sulfonamides is 1. The molecule has 1 aromatic rings. The molecule has 0 aliphatic rings. The van der Waals surface area contributed by atoms with E-state index >= 15 is 0 Å². The van der Waals surface area contributed by atoms with Crippen molar-refractivity contribution in [3.63, 3.8) is 0 Å². The Bertz CT molecular complexity index is 571. The lowest BCUT2D eigenvalue weighted by atomic mass is 10.2. The van der Waals surface area contributed by atoms with E-state index in [4.69, 9.17) is 17.3 Å². The average Bonchev–Trinajstić information content (AvgIpc) is 2.31. The molecule has 0 saturated heterocycles. The summed E-state index contributed by atoms with van der Waals surface area (Å²) in [5.41, 5.74) is 6.91. The number of nitrogen functional groups attached to an aromatic ring is 1. The molecule has 4 nitrogen and oxygen atoms in total. The first-order valence-corrected chi connectivity index (χ1v) is 8.78. The number of nitrogens with one attached hydrogen (secondary N) is 1. The number of thioether (sulfide) groups is 1. The van der Waals surface area contributed by atoms with Gasteiger partial charge in [-0.1, -0.05) is 11.6 Å². The first-order valence-electron chi connectivity index (χ1n) is 5.69. The van der Waals surface area contributed by atoms with E-state index in [1.54, 1.807) is 24.8 Å². The zero-order valence-electron chi connectivity index (χ0n) is 11.5. The van der Waals surface area contributed by atoms with Crippen molar-refractivity contribution in [2.45, 2.75) is 30.4 Å². The quantitative estimate of drug-likeness (QED) is 0.817. The number of hydrogen-bond donors (Lipinski definition) is 2. The number of benzene rings is 1. The molecule has 0 unspecified atom stereocenters. The van der Waals surface area contributed by atoms with E-state index in [0.717, 1.165) is 5.56 Å². The Morgan fingerprint density at radius 1 is 1.42 bits per heavy atom. The minimum atomic E-state index is -3.65. The van der Waals surface area contributed by atoms with Crippen LogP contribution in [-0.4, -0.2) is 26.0 Å². The highest BCUT2D eigenvalue weighted by Gasteiger charge is 2.23. The summed E-state index contributed by atoms with van der Waals surface area (Å²) in [6, 6.07) is 2.96. The molecule has 0 aromatic heterocycles. The highest BCUT2D eigenvalue weighted by Crippen LogP contribution is 2.27. The summed E-state index contributed by atoms with van der Waals surface area (Å²) < 4.78 is 26.8. The fourth-order valence-electron chi connectivity index (χ4n) is 1.29. The van der Waals surface area contributed by atoms with Crippen LogP contribution >= 0.6 is 23.4 Å². The molecule has 0 amide bonds. The van der Waals surface area contributed by atoms with Crippen LogP contribution < -0.4 is 10.5 Å². The van der Waals surface area contributed by atoms with Gasteiger partial charge in [0.1, 0.15) is 4.90 Å². The highest BCUT2D eigenvalue weighted by molar-refractivity contribution is 8.00. The van der Waals surface area contributed by atoms with Gasteiger partial charge in [0, 0.05) is 17.0 Å². The molecule has 19 heavy (non-hydrogen) atoms. The molecule has 108 valence electrons. The summed E-state index contributed by atoms with van der Waals surface area (Å²) in [5.74, 6) is 0. The molecular weight excluding hydrogens is 304 g/mol. The molecule has 0 aliphatic heterocycles. The molecule has 7 heteroatoms. The number of rotatable bonds is 5. The molecule has 0 aliphatic carbocycles. The van der Waals surface area contributed by atoms with Gasteiger partial charge in [-0.05, 0) is 44.7 Å². The van der Waals surface area contributed by atoms with E-state index in [1.807, 2.05) is 20.1 Å². The summed E-state index contributed by atoms with van der Waals surface area (Å²) in [6.45, 7) is 6.03. The number of halogens is 1. The van der Waals surface area contributed by atoms with Gasteiger partial charge in [-0.2, -0.15) is 11.8 Å². The minimum Gasteiger partial charge on any atom is -0.398 e. The van der Waals surface area contributed by atoms with Gasteiger partial charge in [-0.25, -0.2) is 13.1 Å². The third-order valence-corrected chi connectivity index (χ3v) is 5.97. The van der Waals surface area contributed by atoms with Crippen molar-refractivity contribution in [3.05, 3.63) is 22.7 Å². The van der Waals surface area contributed by atoms with Crippen LogP contribution in [-0.2, 0) is 10.0 Å². The first kappa shape index (κ1) is 16.6. The van der Waals surface area contributed by atoms with Crippen molar-refractivity contribution in [2.24, 2.45) is 0 Å². The second kappa shape index (κ2) is 5.91. The predicted molar refractivity (Wildman–Crippen MR) is 83.4 cm³/mol. The van der Waals surface area contributed by atoms with Crippen molar-refractivity contribution >= 4 is 39.1 Å². The molecule has 1 aromatic carbocycles. The maximum atomic E-state index is 12.2. The summed E-state index contributed by atoms with van der Waals surface area (Å²) in [4.78, 5) is 0.0224. The van der Waals surface area contributed by atoms with Crippen LogP contribution in [0.5, 0.6) is 0 Å². The first-order chi connectivity index (χ1) is 8.59. The lowest BCUT2D eigenvalue weighted by Gasteiger charge is -2.22. The van der Waals surface area contributed by atoms with E-state index in [1.165, 1.54) is 6.07 Å². The number of nitrogens with two attached hydrogens (primary N) is 1. The molecular formula is C12H19ClN2O2S2. The molecule has 0 bridgehead atoms. The second-order valence-electron chi connectivity index (χ2n) is 4.93. The van der Waals surface area contributed by atoms with E-state index in [0.29, 0.717) is 12.2 Å². The normalized spacial score (nSPS) is 12.7. The lowest BCUT2D eigenvalue weighted by Crippen LogP contribution is -2.36. The number of hydrogen-bond acceptors (Lipinski definition) is 4. The standard InChI is InChI=1S/C12H19ClN2O2S2/c1-8-5-9(13)11(6-10(8)14)19(16,17)15-7-12(2,3)18-4/h5-6,15H,7,14H2,1-4H3. The molecule has 0 atom stereocenters. The van der Waals surface area contributed by atoms with Crippen LogP contribution in [0.4, 0.5) is 5.69 Å². The molecule has 0 heterocycles. The van der Waals surface area contributed by atoms with Gasteiger partial charge in [-0.15, -0.1) is 0 Å². The minimum absolute atomic E-state index is 0.0224. The summed E-state index contributed by atoms with van der Waals surface area (Å²) in [5, 5.41) is 0.182. The third-order valence-electron chi connectivity index (χ3n) is 2.85. The maximum absolute atomic E-state index is 12.2. The Kier molecular flexibility index (Phi) is 5.17. The van der Waals surface area contributed by atoms with Gasteiger partial charge in [0.05, 0.1) is 5.02 Å². The molecule has 0 fully saturated rings. The average molecular weight is 323 g/mol. The topological polar surface area (TPSA) is 72.2 Å². The molecule has 0 saturated carbocycles. The molecule has 3 N–H and O–H groups in total. The van der Waals surface area contributed by atoms with Crippen LogP contribution in [0.25, 0.3) is 0 Å². The fraction of sp³-hybridized carbons (Fsp3) is 0.500. The Hall–Kier alpha value is -0.430. The van der Waals surface area contributed by atoms with Crippen molar-refractivity contribution in [1.29, 1.82) is 0 Å². The molecule has 0 radical (unpaired) electrons. The van der Waals surface area contributed by atoms with Gasteiger partial charge < -0.3 is 5.73 Å². The maximum Gasteiger partial charge on any atom is 0.242 e. The largest absolute Gasteiger partial charge is 0.398 e. The predicted octanol–water partition coefficient (Wildman–Crippen LogP) is 2.65. The van der Waals surface area contributed by atoms with Gasteiger partial charge in [0.2, 0.25) is 10.0 Å². The molecule has 1 rings (SSSR count). The Morgan fingerprint density at radius 3 is 2.53 bits per heavy atom. The molecule has 0 spiro atoms. The van der Waals surface area contributed by atoms with Crippen molar-refractivity contribution in [1.82, 2.24) is 4.72 Å². The van der Waals surface area contributed by atoms with Gasteiger partial charge in [0.15, 0.2) is 0 Å². The van der Waals surface area contributed by atoms with Crippen LogP contribution in [0, 0.1) is 6.92 Å². The second-order valence-corrected chi connectivity index (χ2v) is 8.58. The van der Waals surface area contributed by atoms with E-state index < -0.39 is 10.0 Å². The summed E-state index contributed by atoms with van der Waals surface area (Å²) in [6.07, 6.45) is 1.94. The SMILES string of the molecule is CSC(C)(C)CNS(=O)(=O)c1cc(N)c(C)cc1Cl. The number of aryl methyl sites for hydroxylation is 1. The third kappa shape index (κ3) is 4.27. The summed E-state index contributed by atoms with van der Waals surface area (Å²) in [7, 11) is -3.65. The van der Waals surface area contributed by atoms with Crippen molar-refractivity contribution in [3.8, 4) is 0 Å². The summed E-state index contributed by atoms with van der Waals surface area (Å²) >= 11 is 7.58. The van der Waals surface area contributed by atoms with Gasteiger partial charge in [-0.3, -0.25) is 0 Å². The fourth-order valence-corrected chi connectivity index (χ4v) is 3.43. The Labute approximate surface area is 124 Å². The zero-order valence-corrected chi connectivity index (χ0v) is 13.8. The van der Waals surface area contributed by atoms with E-state index in [-0.39, 0.29) is 14.7 Å². The van der Waals surface area contributed by atoms with Crippen molar-refractivity contribution < 1.29 is 8.42 Å².